The molecule has 0 aliphatic carbocycles. The van der Waals surface area contributed by atoms with Gasteiger partial charge in [0.15, 0.2) is 0 Å². The summed E-state index contributed by atoms with van der Waals surface area (Å²) in [5, 5.41) is 5.36. The third-order valence-electron chi connectivity index (χ3n) is 3.43. The van der Waals surface area contributed by atoms with Crippen LogP contribution in [-0.4, -0.2) is 33.5 Å². The predicted octanol–water partition coefficient (Wildman–Crippen LogP) is 2.29. The van der Waals surface area contributed by atoms with Crippen LogP contribution >= 0.6 is 0 Å². The smallest absolute Gasteiger partial charge is 0.255 e. The van der Waals surface area contributed by atoms with E-state index in [4.69, 9.17) is 0 Å². The Hall–Kier alpha value is -2.87. The van der Waals surface area contributed by atoms with Gasteiger partial charge < -0.3 is 10.6 Å². The Kier molecular flexibility index (Phi) is 5.43. The lowest BCUT2D eigenvalue weighted by Crippen LogP contribution is -2.25. The number of carbonyl (C=O) groups excluding carboxylic acids is 2. The molecule has 0 bridgehead atoms. The Bertz CT molecular complexity index is 892. The number of amides is 2. The molecule has 2 N–H and O–H groups in total. The maximum atomic E-state index is 12.4. The van der Waals surface area contributed by atoms with Gasteiger partial charge in [0.25, 0.3) is 5.91 Å². The van der Waals surface area contributed by atoms with Crippen LogP contribution in [0.2, 0.25) is 0 Å². The van der Waals surface area contributed by atoms with Crippen LogP contribution in [-0.2, 0) is 14.8 Å². The molecule has 0 saturated heterocycles. The highest BCUT2D eigenvalue weighted by Crippen LogP contribution is 2.19. The van der Waals surface area contributed by atoms with E-state index in [1.165, 1.54) is 20.0 Å². The van der Waals surface area contributed by atoms with E-state index < -0.39 is 10.0 Å². The van der Waals surface area contributed by atoms with E-state index in [2.05, 4.69) is 10.6 Å². The lowest BCUT2D eigenvalue weighted by Gasteiger charge is -2.17. The van der Waals surface area contributed by atoms with Gasteiger partial charge in [-0.2, -0.15) is 0 Å². The first-order valence-corrected chi connectivity index (χ1v) is 9.24. The van der Waals surface area contributed by atoms with Gasteiger partial charge in [0, 0.05) is 30.9 Å². The van der Waals surface area contributed by atoms with Crippen LogP contribution in [0.4, 0.5) is 17.1 Å². The molecule has 0 saturated carbocycles. The van der Waals surface area contributed by atoms with Gasteiger partial charge in [-0.15, -0.1) is 0 Å². The molecular formula is C17H19N3O4S. The highest BCUT2D eigenvalue weighted by Gasteiger charge is 2.14. The molecule has 8 heteroatoms. The molecule has 2 aromatic rings. The summed E-state index contributed by atoms with van der Waals surface area (Å²) in [5.74, 6) is -0.542. The number of rotatable bonds is 5. The summed E-state index contributed by atoms with van der Waals surface area (Å²) in [4.78, 5) is 23.3. The molecule has 2 amide bonds. The highest BCUT2D eigenvalue weighted by atomic mass is 32.2. The van der Waals surface area contributed by atoms with Gasteiger partial charge in [-0.25, -0.2) is 8.42 Å². The first-order chi connectivity index (χ1) is 11.7. The van der Waals surface area contributed by atoms with E-state index in [1.54, 1.807) is 42.5 Å². The minimum Gasteiger partial charge on any atom is -0.326 e. The number of carbonyl (C=O) groups is 2. The molecule has 0 aliphatic rings. The van der Waals surface area contributed by atoms with Crippen LogP contribution in [0.5, 0.6) is 0 Å². The molecule has 2 aromatic carbocycles. The first kappa shape index (κ1) is 18.5. The van der Waals surface area contributed by atoms with Crippen molar-refractivity contribution in [2.45, 2.75) is 6.92 Å². The molecule has 0 fully saturated rings. The largest absolute Gasteiger partial charge is 0.326 e. The van der Waals surface area contributed by atoms with Gasteiger partial charge in [-0.3, -0.25) is 13.9 Å². The van der Waals surface area contributed by atoms with Crippen molar-refractivity contribution in [1.29, 1.82) is 0 Å². The number of anilines is 3. The average molecular weight is 361 g/mol. The Morgan fingerprint density at radius 3 is 2.04 bits per heavy atom. The van der Waals surface area contributed by atoms with Crippen molar-refractivity contribution >= 4 is 38.9 Å². The third kappa shape index (κ3) is 5.05. The van der Waals surface area contributed by atoms with Crippen LogP contribution in [0.3, 0.4) is 0 Å². The highest BCUT2D eigenvalue weighted by molar-refractivity contribution is 7.92. The Morgan fingerprint density at radius 2 is 1.52 bits per heavy atom. The van der Waals surface area contributed by atoms with E-state index in [1.807, 2.05) is 0 Å². The summed E-state index contributed by atoms with van der Waals surface area (Å²) >= 11 is 0. The van der Waals surface area contributed by atoms with Crippen LogP contribution in [0.15, 0.2) is 48.5 Å². The second-order valence-electron chi connectivity index (χ2n) is 5.49. The van der Waals surface area contributed by atoms with Crippen molar-refractivity contribution in [3.63, 3.8) is 0 Å². The van der Waals surface area contributed by atoms with Gasteiger partial charge in [0.05, 0.1) is 11.9 Å². The van der Waals surface area contributed by atoms with Crippen molar-refractivity contribution in [2.75, 3.05) is 28.2 Å². The molecule has 0 spiro atoms. The van der Waals surface area contributed by atoms with Gasteiger partial charge >= 0.3 is 0 Å². The number of benzene rings is 2. The van der Waals surface area contributed by atoms with Crippen molar-refractivity contribution in [3.05, 3.63) is 54.1 Å². The predicted molar refractivity (Wildman–Crippen MR) is 98.4 cm³/mol. The number of hydrogen-bond acceptors (Lipinski definition) is 4. The van der Waals surface area contributed by atoms with Gasteiger partial charge in [0.1, 0.15) is 0 Å². The fourth-order valence-corrected chi connectivity index (χ4v) is 2.57. The zero-order valence-electron chi connectivity index (χ0n) is 14.1. The van der Waals surface area contributed by atoms with E-state index in [0.29, 0.717) is 22.6 Å². The summed E-state index contributed by atoms with van der Waals surface area (Å²) in [6.45, 7) is 1.41. The van der Waals surface area contributed by atoms with E-state index in [9.17, 15) is 18.0 Å². The molecule has 0 heterocycles. The van der Waals surface area contributed by atoms with Gasteiger partial charge in [0.2, 0.25) is 15.9 Å². The summed E-state index contributed by atoms with van der Waals surface area (Å²) in [7, 11) is -1.98. The summed E-state index contributed by atoms with van der Waals surface area (Å²) in [5.41, 5.74) is 1.92. The Morgan fingerprint density at radius 1 is 0.960 bits per heavy atom. The quantitative estimate of drug-likeness (QED) is 0.854. The average Bonchev–Trinajstić information content (AvgIpc) is 2.54. The molecule has 7 nitrogen and oxygen atoms in total. The van der Waals surface area contributed by atoms with Crippen molar-refractivity contribution in [1.82, 2.24) is 0 Å². The van der Waals surface area contributed by atoms with Crippen molar-refractivity contribution < 1.29 is 18.0 Å². The second-order valence-corrected chi connectivity index (χ2v) is 7.51. The van der Waals surface area contributed by atoms with E-state index >= 15 is 0 Å². The zero-order chi connectivity index (χ0) is 18.6. The third-order valence-corrected chi connectivity index (χ3v) is 4.64. The number of sulfonamides is 1. The minimum absolute atomic E-state index is 0.177. The molecule has 2 rings (SSSR count). The summed E-state index contributed by atoms with van der Waals surface area (Å²) in [6, 6.07) is 13.0. The second kappa shape index (κ2) is 7.35. The standard InChI is InChI=1S/C17H19N3O4S/c1-12(21)18-14-7-9-15(10-8-14)19-17(22)13-5-4-6-16(11-13)20(2)25(3,23)24/h4-11H,1-3H3,(H,18,21)(H,19,22). The maximum Gasteiger partial charge on any atom is 0.255 e. The Balaban J connectivity index is 2.14. The molecule has 0 aliphatic heterocycles. The van der Waals surface area contributed by atoms with Crippen LogP contribution < -0.4 is 14.9 Å². The number of nitrogens with zero attached hydrogens (tertiary/aromatic N) is 1. The molecule has 0 atom stereocenters. The lowest BCUT2D eigenvalue weighted by molar-refractivity contribution is -0.114. The van der Waals surface area contributed by atoms with Crippen LogP contribution in [0, 0.1) is 0 Å². The van der Waals surface area contributed by atoms with Crippen molar-refractivity contribution in [2.24, 2.45) is 0 Å². The van der Waals surface area contributed by atoms with Crippen LogP contribution in [0.1, 0.15) is 17.3 Å². The maximum absolute atomic E-state index is 12.4. The molecule has 132 valence electrons. The van der Waals surface area contributed by atoms with Gasteiger partial charge in [-0.1, -0.05) is 6.07 Å². The van der Waals surface area contributed by atoms with Crippen molar-refractivity contribution in [3.8, 4) is 0 Å². The zero-order valence-corrected chi connectivity index (χ0v) is 14.9. The molecule has 25 heavy (non-hydrogen) atoms. The van der Waals surface area contributed by atoms with E-state index in [0.717, 1.165) is 10.6 Å². The fraction of sp³-hybridized carbons (Fsp3) is 0.176. The number of hydrogen-bond donors (Lipinski definition) is 2. The summed E-state index contributed by atoms with van der Waals surface area (Å²) in [6.07, 6.45) is 1.09. The first-order valence-electron chi connectivity index (χ1n) is 7.40. The van der Waals surface area contributed by atoms with Gasteiger partial charge in [-0.05, 0) is 42.5 Å². The molecule has 0 unspecified atom stereocenters. The van der Waals surface area contributed by atoms with Crippen LogP contribution in [0.25, 0.3) is 0 Å². The Labute approximate surface area is 146 Å². The normalized spacial score (nSPS) is 10.8. The molecule has 0 aromatic heterocycles. The fourth-order valence-electron chi connectivity index (χ4n) is 2.08. The monoisotopic (exact) mass is 361 g/mol. The van der Waals surface area contributed by atoms with E-state index in [-0.39, 0.29) is 11.8 Å². The summed E-state index contributed by atoms with van der Waals surface area (Å²) < 4.78 is 24.3. The molecular weight excluding hydrogens is 342 g/mol. The topological polar surface area (TPSA) is 95.6 Å². The number of nitrogens with one attached hydrogen (secondary N) is 2. The SMILES string of the molecule is CC(=O)Nc1ccc(NC(=O)c2cccc(N(C)S(C)(=O)=O)c2)cc1. The minimum atomic E-state index is -3.40. The molecule has 0 radical (unpaired) electrons. The lowest BCUT2D eigenvalue weighted by atomic mass is 10.2.